The molecule has 1 aromatic rings. The second kappa shape index (κ2) is 9.01. The number of rotatable bonds is 4. The summed E-state index contributed by atoms with van der Waals surface area (Å²) in [6.45, 7) is 1.64. The van der Waals surface area contributed by atoms with E-state index in [2.05, 4.69) is 10.5 Å². The summed E-state index contributed by atoms with van der Waals surface area (Å²) in [6, 6.07) is -0.954. The van der Waals surface area contributed by atoms with E-state index in [1.807, 2.05) is 0 Å². The van der Waals surface area contributed by atoms with Crippen LogP contribution in [0.3, 0.4) is 0 Å². The Balaban J connectivity index is 0.00000242. The van der Waals surface area contributed by atoms with Crippen LogP contribution in [-0.4, -0.2) is 23.1 Å². The maximum Gasteiger partial charge on any atom is 1.00 e. The Morgan fingerprint density at radius 2 is 1.86 bits per heavy atom. The van der Waals surface area contributed by atoms with E-state index in [1.54, 1.807) is 6.92 Å². The Kier molecular flexibility index (Phi) is 7.70. The number of hydrogen-bond acceptors (Lipinski definition) is 5. The van der Waals surface area contributed by atoms with Gasteiger partial charge < -0.3 is 19.7 Å². The van der Waals surface area contributed by atoms with E-state index in [1.165, 1.54) is 12.7 Å². The molecule has 1 amide bonds. The number of amides is 1. The third-order valence-corrected chi connectivity index (χ3v) is 4.16. The maximum absolute atomic E-state index is 12.1. The zero-order valence-electron chi connectivity index (χ0n) is 13.3. The summed E-state index contributed by atoms with van der Waals surface area (Å²) in [6.07, 6.45) is 8.28. The SMILES string of the molecule is Cc1nocc1C(=O)NC(C(=O)[O-])C1CCCCCCC1.[Li+]. The molecular formula is C15H21LiN2O4. The van der Waals surface area contributed by atoms with Crippen molar-refractivity contribution in [1.29, 1.82) is 0 Å². The molecular weight excluding hydrogens is 279 g/mol. The van der Waals surface area contributed by atoms with Crippen molar-refractivity contribution < 1.29 is 38.1 Å². The molecule has 0 radical (unpaired) electrons. The van der Waals surface area contributed by atoms with Crippen LogP contribution in [-0.2, 0) is 4.79 Å². The van der Waals surface area contributed by atoms with Gasteiger partial charge >= 0.3 is 18.9 Å². The summed E-state index contributed by atoms with van der Waals surface area (Å²) >= 11 is 0. The van der Waals surface area contributed by atoms with Gasteiger partial charge in [-0.3, -0.25) is 4.79 Å². The van der Waals surface area contributed by atoms with Gasteiger partial charge in [-0.25, -0.2) is 0 Å². The molecule has 116 valence electrons. The van der Waals surface area contributed by atoms with Crippen molar-refractivity contribution in [1.82, 2.24) is 10.5 Å². The average Bonchev–Trinajstić information content (AvgIpc) is 2.82. The number of carbonyl (C=O) groups excluding carboxylic acids is 2. The number of carboxylic acid groups (broad SMARTS) is 1. The standard InChI is InChI=1S/C15H22N2O4.Li/c1-10-12(9-21-17-10)14(18)16-13(15(19)20)11-7-5-3-2-4-6-8-11;/h9,11,13H,2-8H2,1H3,(H,16,18)(H,19,20);/q;+1/p-1. The molecule has 2 rings (SSSR count). The molecule has 22 heavy (non-hydrogen) atoms. The molecule has 7 heteroatoms. The second-order valence-corrected chi connectivity index (χ2v) is 5.69. The van der Waals surface area contributed by atoms with Gasteiger partial charge in [0, 0.05) is 0 Å². The third-order valence-electron chi connectivity index (χ3n) is 4.16. The van der Waals surface area contributed by atoms with E-state index in [9.17, 15) is 14.7 Å². The molecule has 1 atom stereocenters. The van der Waals surface area contributed by atoms with Crippen LogP contribution < -0.4 is 29.3 Å². The molecule has 1 aliphatic carbocycles. The Hall–Kier alpha value is -1.25. The molecule has 1 fully saturated rings. The van der Waals surface area contributed by atoms with Gasteiger partial charge in [-0.15, -0.1) is 0 Å². The second-order valence-electron chi connectivity index (χ2n) is 5.69. The molecule has 0 aliphatic heterocycles. The number of carbonyl (C=O) groups is 2. The maximum atomic E-state index is 12.1. The zero-order valence-corrected chi connectivity index (χ0v) is 13.3. The number of hydrogen-bond donors (Lipinski definition) is 1. The number of aromatic nitrogens is 1. The van der Waals surface area contributed by atoms with Crippen molar-refractivity contribution in [3.8, 4) is 0 Å². The molecule has 1 unspecified atom stereocenters. The van der Waals surface area contributed by atoms with Gasteiger partial charge in [-0.05, 0) is 25.7 Å². The zero-order chi connectivity index (χ0) is 15.2. The Bertz CT molecular complexity index is 495. The molecule has 1 N–H and O–H groups in total. The molecule has 1 heterocycles. The van der Waals surface area contributed by atoms with Gasteiger partial charge in [-0.1, -0.05) is 37.3 Å². The fourth-order valence-corrected chi connectivity index (χ4v) is 2.92. The van der Waals surface area contributed by atoms with Gasteiger partial charge in [0.05, 0.1) is 17.7 Å². The Morgan fingerprint density at radius 1 is 1.27 bits per heavy atom. The van der Waals surface area contributed by atoms with Crippen LogP contribution in [0.5, 0.6) is 0 Å². The van der Waals surface area contributed by atoms with Gasteiger partial charge in [0.25, 0.3) is 5.91 Å². The van der Waals surface area contributed by atoms with Crippen LogP contribution in [0.1, 0.15) is 61.0 Å². The van der Waals surface area contributed by atoms with Gasteiger partial charge in [0.15, 0.2) is 0 Å². The fraction of sp³-hybridized carbons (Fsp3) is 0.667. The molecule has 6 nitrogen and oxygen atoms in total. The predicted octanol–water partition coefficient (Wildman–Crippen LogP) is -1.80. The topological polar surface area (TPSA) is 95.3 Å². The van der Waals surface area contributed by atoms with E-state index in [0.717, 1.165) is 38.5 Å². The van der Waals surface area contributed by atoms with Crippen molar-refractivity contribution in [2.45, 2.75) is 57.9 Å². The van der Waals surface area contributed by atoms with E-state index in [0.29, 0.717) is 5.69 Å². The number of aryl methyl sites for hydroxylation is 1. The minimum Gasteiger partial charge on any atom is -0.548 e. The first-order chi connectivity index (χ1) is 10.1. The first kappa shape index (κ1) is 18.8. The van der Waals surface area contributed by atoms with E-state index in [-0.39, 0.29) is 30.3 Å². The first-order valence-electron chi connectivity index (χ1n) is 7.52. The van der Waals surface area contributed by atoms with Crippen molar-refractivity contribution >= 4 is 11.9 Å². The summed E-state index contributed by atoms with van der Waals surface area (Å²) in [5.74, 6) is -1.76. The van der Waals surface area contributed by atoms with E-state index in [4.69, 9.17) is 4.52 Å². The summed E-state index contributed by atoms with van der Waals surface area (Å²) < 4.78 is 4.72. The largest absolute Gasteiger partial charge is 1.00 e. The quantitative estimate of drug-likeness (QED) is 0.662. The third kappa shape index (κ3) is 4.89. The number of nitrogens with zero attached hydrogens (tertiary/aromatic N) is 1. The van der Waals surface area contributed by atoms with Crippen LogP contribution in [0.2, 0.25) is 0 Å². The van der Waals surface area contributed by atoms with Crippen molar-refractivity contribution in [2.24, 2.45) is 5.92 Å². The fourth-order valence-electron chi connectivity index (χ4n) is 2.92. The smallest absolute Gasteiger partial charge is 0.548 e. The van der Waals surface area contributed by atoms with E-state index >= 15 is 0 Å². The Labute approximate surface area is 142 Å². The van der Waals surface area contributed by atoms with Gasteiger partial charge in [-0.2, -0.15) is 0 Å². The molecule has 0 bridgehead atoms. The summed E-state index contributed by atoms with van der Waals surface area (Å²) in [4.78, 5) is 23.6. The van der Waals surface area contributed by atoms with Crippen LogP contribution in [0.4, 0.5) is 0 Å². The summed E-state index contributed by atoms with van der Waals surface area (Å²) in [5, 5.41) is 17.6. The van der Waals surface area contributed by atoms with Crippen LogP contribution in [0.15, 0.2) is 10.8 Å². The van der Waals surface area contributed by atoms with Crippen LogP contribution in [0.25, 0.3) is 0 Å². The molecule has 1 saturated carbocycles. The number of aliphatic carboxylic acids is 1. The monoisotopic (exact) mass is 300 g/mol. The molecule has 0 saturated heterocycles. The first-order valence-corrected chi connectivity index (χ1v) is 7.52. The molecule has 0 aromatic carbocycles. The van der Waals surface area contributed by atoms with Crippen molar-refractivity contribution in [3.63, 3.8) is 0 Å². The predicted molar refractivity (Wildman–Crippen MR) is 73.3 cm³/mol. The minimum atomic E-state index is -1.22. The average molecular weight is 300 g/mol. The van der Waals surface area contributed by atoms with Crippen molar-refractivity contribution in [2.75, 3.05) is 0 Å². The normalized spacial score (nSPS) is 17.7. The molecule has 1 aromatic heterocycles. The summed E-state index contributed by atoms with van der Waals surface area (Å²) in [5.41, 5.74) is 0.717. The summed E-state index contributed by atoms with van der Waals surface area (Å²) in [7, 11) is 0. The van der Waals surface area contributed by atoms with Crippen LogP contribution in [0, 0.1) is 12.8 Å². The van der Waals surface area contributed by atoms with Crippen molar-refractivity contribution in [3.05, 3.63) is 17.5 Å². The van der Waals surface area contributed by atoms with Crippen LogP contribution >= 0.6 is 0 Å². The molecule has 0 spiro atoms. The Morgan fingerprint density at radius 3 is 2.36 bits per heavy atom. The van der Waals surface area contributed by atoms with Gasteiger partial charge in [0.1, 0.15) is 11.8 Å². The molecule has 1 aliphatic rings. The minimum absolute atomic E-state index is 0. The number of carboxylic acids is 1. The van der Waals surface area contributed by atoms with E-state index < -0.39 is 17.9 Å². The van der Waals surface area contributed by atoms with Gasteiger partial charge in [0.2, 0.25) is 0 Å². The number of nitrogens with one attached hydrogen (secondary N) is 1.